The van der Waals surface area contributed by atoms with Crippen LogP contribution in [0.1, 0.15) is 55.7 Å². The van der Waals surface area contributed by atoms with E-state index in [4.69, 9.17) is 9.47 Å². The lowest BCUT2D eigenvalue weighted by Crippen LogP contribution is -2.33. The number of rotatable bonds is 6. The van der Waals surface area contributed by atoms with Crippen molar-refractivity contribution in [2.75, 3.05) is 6.61 Å². The molecule has 4 aromatic rings. The Bertz CT molecular complexity index is 1630. The lowest BCUT2D eigenvalue weighted by Gasteiger charge is -2.29. The Labute approximate surface area is 226 Å². The van der Waals surface area contributed by atoms with E-state index in [2.05, 4.69) is 0 Å². The standard InChI is InChI=1S/C31H33FN2O5/c1-18-21-7-6-16-38-24(21)13-12-22(18)25-23-14-15-34(17-19-8-10-20(32)11-9-19)26(23)29(35)33(5)27(25)28(30(36)37)39-31(2,3)4/h8-15,28H,6-7,16-17H2,1-5H3,(H,36,37)/t28-/m0/s1. The number of carboxylic acids is 1. The van der Waals surface area contributed by atoms with Crippen molar-refractivity contribution < 1.29 is 23.8 Å². The number of fused-ring (bicyclic) bond motifs is 2. The minimum absolute atomic E-state index is 0.286. The van der Waals surface area contributed by atoms with Crippen LogP contribution in [0.3, 0.4) is 0 Å². The van der Waals surface area contributed by atoms with Crippen LogP contribution < -0.4 is 10.3 Å². The van der Waals surface area contributed by atoms with Crippen molar-refractivity contribution in [3.8, 4) is 16.9 Å². The summed E-state index contributed by atoms with van der Waals surface area (Å²) in [6.07, 6.45) is 2.19. The van der Waals surface area contributed by atoms with Crippen molar-refractivity contribution in [1.29, 1.82) is 0 Å². The van der Waals surface area contributed by atoms with Gasteiger partial charge in [-0.05, 0) is 87.1 Å². The zero-order valence-electron chi connectivity index (χ0n) is 22.9. The summed E-state index contributed by atoms with van der Waals surface area (Å²) in [6.45, 7) is 8.41. The first-order chi connectivity index (χ1) is 18.5. The Morgan fingerprint density at radius 2 is 1.87 bits per heavy atom. The summed E-state index contributed by atoms with van der Waals surface area (Å²) in [7, 11) is 1.59. The van der Waals surface area contributed by atoms with Crippen LogP contribution in [0.25, 0.3) is 22.0 Å². The van der Waals surface area contributed by atoms with E-state index in [0.717, 1.165) is 40.8 Å². The van der Waals surface area contributed by atoms with Gasteiger partial charge in [0.25, 0.3) is 5.56 Å². The number of benzene rings is 2. The second-order valence-corrected chi connectivity index (χ2v) is 11.1. The third-order valence-electron chi connectivity index (χ3n) is 7.22. The molecule has 0 saturated carbocycles. The SMILES string of the molecule is Cc1c(-c2c([C@H](OC(C)(C)C)C(=O)O)n(C)c(=O)c3c2ccn3Cc2ccc(F)cc2)ccc2c1CCCO2. The zero-order chi connectivity index (χ0) is 28.1. The highest BCUT2D eigenvalue weighted by molar-refractivity contribution is 5.99. The molecule has 204 valence electrons. The quantitative estimate of drug-likeness (QED) is 0.341. The molecule has 2 aromatic heterocycles. The van der Waals surface area contributed by atoms with Crippen LogP contribution in [0.5, 0.6) is 5.75 Å². The molecular weight excluding hydrogens is 499 g/mol. The molecule has 3 heterocycles. The van der Waals surface area contributed by atoms with Gasteiger partial charge in [-0.25, -0.2) is 9.18 Å². The Hall–Kier alpha value is -3.91. The van der Waals surface area contributed by atoms with Gasteiger partial charge in [0.2, 0.25) is 0 Å². The molecular formula is C31H33FN2O5. The summed E-state index contributed by atoms with van der Waals surface area (Å²) in [4.78, 5) is 26.5. The molecule has 0 fully saturated rings. The van der Waals surface area contributed by atoms with Gasteiger partial charge < -0.3 is 23.7 Å². The number of aliphatic carboxylic acids is 1. The predicted octanol–water partition coefficient (Wildman–Crippen LogP) is 5.77. The highest BCUT2D eigenvalue weighted by Gasteiger charge is 2.34. The van der Waals surface area contributed by atoms with Gasteiger partial charge in [0, 0.05) is 30.7 Å². The first-order valence-corrected chi connectivity index (χ1v) is 13.1. The molecule has 0 aliphatic carbocycles. The second-order valence-electron chi connectivity index (χ2n) is 11.1. The van der Waals surface area contributed by atoms with E-state index >= 15 is 0 Å². The maximum atomic E-state index is 13.9. The van der Waals surface area contributed by atoms with Crippen molar-refractivity contribution in [1.82, 2.24) is 9.13 Å². The van der Waals surface area contributed by atoms with E-state index in [-0.39, 0.29) is 17.1 Å². The minimum atomic E-state index is -1.38. The van der Waals surface area contributed by atoms with Crippen LogP contribution in [-0.4, -0.2) is 32.4 Å². The van der Waals surface area contributed by atoms with E-state index < -0.39 is 17.7 Å². The van der Waals surface area contributed by atoms with Crippen molar-refractivity contribution in [2.45, 2.75) is 58.8 Å². The molecule has 1 aliphatic rings. The van der Waals surface area contributed by atoms with Gasteiger partial charge in [-0.3, -0.25) is 4.79 Å². The van der Waals surface area contributed by atoms with Crippen LogP contribution in [0, 0.1) is 12.7 Å². The number of hydrogen-bond acceptors (Lipinski definition) is 4. The van der Waals surface area contributed by atoms with Crippen LogP contribution in [0.4, 0.5) is 4.39 Å². The number of carbonyl (C=O) groups is 1. The van der Waals surface area contributed by atoms with E-state index in [1.54, 1.807) is 40.0 Å². The van der Waals surface area contributed by atoms with Crippen LogP contribution in [-0.2, 0) is 29.5 Å². The van der Waals surface area contributed by atoms with Crippen LogP contribution >= 0.6 is 0 Å². The van der Waals surface area contributed by atoms with Crippen LogP contribution in [0.2, 0.25) is 0 Å². The topological polar surface area (TPSA) is 82.7 Å². The number of halogens is 1. The molecule has 2 aromatic carbocycles. The summed E-state index contributed by atoms with van der Waals surface area (Å²) in [5.74, 6) is -0.672. The first-order valence-electron chi connectivity index (χ1n) is 13.1. The summed E-state index contributed by atoms with van der Waals surface area (Å²) in [6, 6.07) is 11.9. The molecule has 1 aliphatic heterocycles. The largest absolute Gasteiger partial charge is 0.493 e. The first kappa shape index (κ1) is 26.7. The van der Waals surface area contributed by atoms with Crippen molar-refractivity contribution in [3.05, 3.63) is 87.2 Å². The van der Waals surface area contributed by atoms with Crippen LogP contribution in [0.15, 0.2) is 53.5 Å². The molecule has 0 spiro atoms. The Morgan fingerprint density at radius 3 is 2.54 bits per heavy atom. The molecule has 8 heteroatoms. The second kappa shape index (κ2) is 10.0. The summed E-state index contributed by atoms with van der Waals surface area (Å²) in [5, 5.41) is 11.0. The summed E-state index contributed by atoms with van der Waals surface area (Å²) < 4.78 is 28.7. The fourth-order valence-electron chi connectivity index (χ4n) is 5.45. The third-order valence-corrected chi connectivity index (χ3v) is 7.22. The normalized spacial score (nSPS) is 14.2. The highest BCUT2D eigenvalue weighted by Crippen LogP contribution is 2.42. The maximum Gasteiger partial charge on any atom is 0.339 e. The van der Waals surface area contributed by atoms with E-state index in [9.17, 15) is 19.1 Å². The monoisotopic (exact) mass is 532 g/mol. The Kier molecular flexibility index (Phi) is 6.84. The van der Waals surface area contributed by atoms with Crippen molar-refractivity contribution in [3.63, 3.8) is 0 Å². The highest BCUT2D eigenvalue weighted by atomic mass is 19.1. The van der Waals surface area contributed by atoms with Crippen molar-refractivity contribution in [2.24, 2.45) is 7.05 Å². The Morgan fingerprint density at radius 1 is 1.15 bits per heavy atom. The average molecular weight is 533 g/mol. The molecule has 1 atom stereocenters. The van der Waals surface area contributed by atoms with Gasteiger partial charge in [-0.15, -0.1) is 0 Å². The molecule has 0 radical (unpaired) electrons. The summed E-state index contributed by atoms with van der Waals surface area (Å²) >= 11 is 0. The number of carboxylic acid groups (broad SMARTS) is 1. The molecule has 39 heavy (non-hydrogen) atoms. The van der Waals surface area contributed by atoms with Gasteiger partial charge in [0.1, 0.15) is 17.1 Å². The summed E-state index contributed by atoms with van der Waals surface area (Å²) in [5.41, 5.74) is 3.99. The molecule has 0 bridgehead atoms. The van der Waals surface area contributed by atoms with E-state index in [1.807, 2.05) is 35.9 Å². The molecule has 7 nitrogen and oxygen atoms in total. The van der Waals surface area contributed by atoms with Gasteiger partial charge >= 0.3 is 5.97 Å². The van der Waals surface area contributed by atoms with Gasteiger partial charge in [-0.1, -0.05) is 18.2 Å². The van der Waals surface area contributed by atoms with Crippen molar-refractivity contribution >= 4 is 16.9 Å². The molecule has 0 amide bonds. The molecule has 5 rings (SSSR count). The molecule has 1 N–H and O–H groups in total. The third kappa shape index (κ3) is 4.96. The van der Waals surface area contributed by atoms with Gasteiger partial charge in [0.05, 0.1) is 17.9 Å². The fourth-order valence-corrected chi connectivity index (χ4v) is 5.45. The maximum absolute atomic E-state index is 13.9. The van der Waals surface area contributed by atoms with E-state index in [0.29, 0.717) is 29.6 Å². The smallest absolute Gasteiger partial charge is 0.339 e. The minimum Gasteiger partial charge on any atom is -0.493 e. The molecule has 0 saturated heterocycles. The Balaban J connectivity index is 1.82. The molecule has 0 unspecified atom stereocenters. The lowest BCUT2D eigenvalue weighted by molar-refractivity contribution is -0.161. The number of ether oxygens (including phenoxy) is 2. The van der Waals surface area contributed by atoms with Gasteiger partial charge in [0.15, 0.2) is 6.10 Å². The number of nitrogens with zero attached hydrogens (tertiary/aromatic N) is 2. The predicted molar refractivity (Wildman–Crippen MR) is 148 cm³/mol. The number of pyridine rings is 1. The number of hydrogen-bond donors (Lipinski definition) is 1. The number of aromatic nitrogens is 2. The van der Waals surface area contributed by atoms with E-state index in [1.165, 1.54) is 16.7 Å². The average Bonchev–Trinajstić information content (AvgIpc) is 3.30. The van der Waals surface area contributed by atoms with Gasteiger partial charge in [-0.2, -0.15) is 0 Å². The lowest BCUT2D eigenvalue weighted by atomic mass is 9.89. The fraction of sp³-hybridized carbons (Fsp3) is 0.355. The zero-order valence-corrected chi connectivity index (χ0v) is 22.9.